The van der Waals surface area contributed by atoms with Crippen molar-refractivity contribution in [3.63, 3.8) is 0 Å². The van der Waals surface area contributed by atoms with Gasteiger partial charge >= 0.3 is 0 Å². The molecule has 1 aromatic carbocycles. The van der Waals surface area contributed by atoms with Crippen molar-refractivity contribution in [2.45, 2.75) is 31.2 Å². The van der Waals surface area contributed by atoms with Crippen LogP contribution in [0.25, 0.3) is 6.08 Å². The Morgan fingerprint density at radius 2 is 2.09 bits per heavy atom. The fourth-order valence-corrected chi connectivity index (χ4v) is 3.34. The predicted molar refractivity (Wildman–Crippen MR) is 88.6 cm³/mol. The Morgan fingerprint density at radius 3 is 2.65 bits per heavy atom. The lowest BCUT2D eigenvalue weighted by Crippen LogP contribution is -2.53. The van der Waals surface area contributed by atoms with Gasteiger partial charge < -0.3 is 4.74 Å². The molecule has 0 bridgehead atoms. The van der Waals surface area contributed by atoms with E-state index in [-0.39, 0.29) is 22.8 Å². The number of hydrogen-bond donors (Lipinski definition) is 2. The van der Waals surface area contributed by atoms with Crippen molar-refractivity contribution in [3.05, 3.63) is 29.3 Å². The van der Waals surface area contributed by atoms with Crippen LogP contribution in [-0.4, -0.2) is 33.7 Å². The normalized spacial score (nSPS) is 22.6. The number of ether oxygens (including phenoxy) is 1. The number of carbonyl (C=O) groups excluding carboxylic acids is 1. The molecule has 0 aromatic heterocycles. The third-order valence-electron chi connectivity index (χ3n) is 3.95. The molecule has 23 heavy (non-hydrogen) atoms. The van der Waals surface area contributed by atoms with Gasteiger partial charge in [-0.05, 0) is 31.0 Å². The number of rotatable bonds is 4. The van der Waals surface area contributed by atoms with Gasteiger partial charge in [-0.25, -0.2) is 13.8 Å². The molecule has 0 aliphatic carbocycles. The molecular formula is C16H22N2O4S. The van der Waals surface area contributed by atoms with Crippen LogP contribution in [0.2, 0.25) is 0 Å². The van der Waals surface area contributed by atoms with Crippen LogP contribution >= 0.6 is 0 Å². The fraction of sp³-hybridized carbons (Fsp3) is 0.438. The second-order valence-corrected chi connectivity index (χ2v) is 7.93. The van der Waals surface area contributed by atoms with Crippen molar-refractivity contribution < 1.29 is 17.9 Å². The Bertz CT molecular complexity index is 740. The molecular weight excluding hydrogens is 316 g/mol. The highest BCUT2D eigenvalue weighted by Gasteiger charge is 2.26. The van der Waals surface area contributed by atoms with Gasteiger partial charge in [0.1, 0.15) is 5.75 Å². The second kappa shape index (κ2) is 6.72. The molecule has 0 spiro atoms. The third-order valence-corrected chi connectivity index (χ3v) is 5.06. The highest BCUT2D eigenvalue weighted by molar-refractivity contribution is 7.90. The molecule has 1 aliphatic heterocycles. The summed E-state index contributed by atoms with van der Waals surface area (Å²) in [6, 6.07) is 4.84. The first-order valence-corrected chi connectivity index (χ1v) is 9.22. The molecule has 1 heterocycles. The standard InChI is InChI=1S/C16H22N2O4S/c1-10(16-11(2)8-15(19)17-18-16)7-12-5-6-13(23(4,20)21)9-14(12)22-3/h5-7,9,11,16,18H,8H2,1-4H3,(H,17,19)/b10-7+. The number of carbonyl (C=O) groups is 1. The molecule has 1 saturated heterocycles. The van der Waals surface area contributed by atoms with E-state index in [2.05, 4.69) is 10.9 Å². The maximum absolute atomic E-state index is 11.6. The summed E-state index contributed by atoms with van der Waals surface area (Å²) in [5.74, 6) is 0.651. The zero-order valence-corrected chi connectivity index (χ0v) is 14.5. The number of amides is 1. The molecule has 2 unspecified atom stereocenters. The monoisotopic (exact) mass is 338 g/mol. The van der Waals surface area contributed by atoms with E-state index in [1.54, 1.807) is 12.1 Å². The lowest BCUT2D eigenvalue weighted by atomic mass is 9.90. The molecule has 1 amide bonds. The summed E-state index contributed by atoms with van der Waals surface area (Å²) >= 11 is 0. The summed E-state index contributed by atoms with van der Waals surface area (Å²) in [7, 11) is -1.77. The lowest BCUT2D eigenvalue weighted by Gasteiger charge is -2.30. The Morgan fingerprint density at radius 1 is 1.39 bits per heavy atom. The van der Waals surface area contributed by atoms with Gasteiger partial charge in [0.05, 0.1) is 18.0 Å². The summed E-state index contributed by atoms with van der Waals surface area (Å²) in [5.41, 5.74) is 7.48. The van der Waals surface area contributed by atoms with E-state index in [0.29, 0.717) is 12.2 Å². The van der Waals surface area contributed by atoms with Crippen LogP contribution in [0.4, 0.5) is 0 Å². The van der Waals surface area contributed by atoms with Gasteiger partial charge in [0, 0.05) is 18.2 Å². The maximum Gasteiger partial charge on any atom is 0.234 e. The molecule has 2 N–H and O–H groups in total. The number of hydrazine groups is 1. The van der Waals surface area contributed by atoms with Gasteiger partial charge in [-0.1, -0.05) is 18.6 Å². The van der Waals surface area contributed by atoms with Crippen molar-refractivity contribution >= 4 is 21.8 Å². The first kappa shape index (κ1) is 17.5. The highest BCUT2D eigenvalue weighted by atomic mass is 32.2. The Hall–Kier alpha value is -1.86. The predicted octanol–water partition coefficient (Wildman–Crippen LogP) is 1.53. The van der Waals surface area contributed by atoms with Crippen molar-refractivity contribution in [2.75, 3.05) is 13.4 Å². The van der Waals surface area contributed by atoms with E-state index in [0.717, 1.165) is 11.1 Å². The van der Waals surface area contributed by atoms with E-state index >= 15 is 0 Å². The Balaban J connectivity index is 2.32. The molecule has 0 saturated carbocycles. The second-order valence-electron chi connectivity index (χ2n) is 5.92. The minimum Gasteiger partial charge on any atom is -0.496 e. The van der Waals surface area contributed by atoms with Crippen LogP contribution in [0, 0.1) is 5.92 Å². The molecule has 2 rings (SSSR count). The van der Waals surface area contributed by atoms with Gasteiger partial charge in [-0.3, -0.25) is 10.2 Å². The summed E-state index contributed by atoms with van der Waals surface area (Å²) in [4.78, 5) is 11.6. The van der Waals surface area contributed by atoms with E-state index in [1.807, 2.05) is 19.9 Å². The average molecular weight is 338 g/mol. The van der Waals surface area contributed by atoms with Crippen molar-refractivity contribution in [1.82, 2.24) is 10.9 Å². The first-order chi connectivity index (χ1) is 10.7. The minimum absolute atomic E-state index is 0.0170. The van der Waals surface area contributed by atoms with Crippen LogP contribution < -0.4 is 15.6 Å². The van der Waals surface area contributed by atoms with Crippen LogP contribution in [0.3, 0.4) is 0 Å². The topological polar surface area (TPSA) is 84.5 Å². The molecule has 1 fully saturated rings. The van der Waals surface area contributed by atoms with Crippen molar-refractivity contribution in [1.29, 1.82) is 0 Å². The molecule has 1 aliphatic rings. The Kier molecular flexibility index (Phi) is 5.11. The number of methoxy groups -OCH3 is 1. The lowest BCUT2D eigenvalue weighted by molar-refractivity contribution is -0.125. The van der Waals surface area contributed by atoms with Crippen molar-refractivity contribution in [3.8, 4) is 5.75 Å². The van der Waals surface area contributed by atoms with Gasteiger partial charge in [0.2, 0.25) is 5.91 Å². The first-order valence-electron chi connectivity index (χ1n) is 7.33. The third kappa shape index (κ3) is 4.11. The van der Waals surface area contributed by atoms with Crippen LogP contribution in [-0.2, 0) is 14.6 Å². The van der Waals surface area contributed by atoms with Gasteiger partial charge in [-0.15, -0.1) is 0 Å². The number of sulfone groups is 1. The minimum atomic E-state index is -3.28. The Labute approximate surface area is 136 Å². The average Bonchev–Trinajstić information content (AvgIpc) is 2.46. The van der Waals surface area contributed by atoms with Gasteiger partial charge in [0.25, 0.3) is 0 Å². The number of benzene rings is 1. The zero-order valence-electron chi connectivity index (χ0n) is 13.7. The summed E-state index contributed by atoms with van der Waals surface area (Å²) in [5, 5.41) is 0. The van der Waals surface area contributed by atoms with Crippen LogP contribution in [0.5, 0.6) is 5.75 Å². The number of hydrogen-bond acceptors (Lipinski definition) is 5. The summed E-state index contributed by atoms with van der Waals surface area (Å²) < 4.78 is 28.6. The molecule has 2 atom stereocenters. The molecule has 6 nitrogen and oxygen atoms in total. The van der Waals surface area contributed by atoms with Gasteiger partial charge in [-0.2, -0.15) is 0 Å². The summed E-state index contributed by atoms with van der Waals surface area (Å²) in [6.45, 7) is 3.98. The van der Waals surface area contributed by atoms with E-state index in [9.17, 15) is 13.2 Å². The van der Waals surface area contributed by atoms with E-state index in [4.69, 9.17) is 4.74 Å². The SMILES string of the molecule is COc1cc(S(C)(=O)=O)ccc1/C=C(\C)C1NNC(=O)CC1C. The highest BCUT2D eigenvalue weighted by Crippen LogP contribution is 2.27. The quantitative estimate of drug-likeness (QED) is 0.870. The zero-order chi connectivity index (χ0) is 17.2. The van der Waals surface area contributed by atoms with E-state index in [1.165, 1.54) is 19.4 Å². The fourth-order valence-electron chi connectivity index (χ4n) is 2.70. The van der Waals surface area contributed by atoms with Crippen LogP contribution in [0.15, 0.2) is 28.7 Å². The molecule has 0 radical (unpaired) electrons. The molecule has 126 valence electrons. The van der Waals surface area contributed by atoms with Crippen molar-refractivity contribution in [2.24, 2.45) is 5.92 Å². The van der Waals surface area contributed by atoms with Crippen LogP contribution in [0.1, 0.15) is 25.8 Å². The molecule has 7 heteroatoms. The number of nitrogens with one attached hydrogen (secondary N) is 2. The summed E-state index contributed by atoms with van der Waals surface area (Å²) in [6.07, 6.45) is 3.57. The smallest absolute Gasteiger partial charge is 0.234 e. The largest absolute Gasteiger partial charge is 0.496 e. The van der Waals surface area contributed by atoms with Gasteiger partial charge in [0.15, 0.2) is 9.84 Å². The maximum atomic E-state index is 11.6. The van der Waals surface area contributed by atoms with E-state index < -0.39 is 9.84 Å². The molecule has 1 aromatic rings.